The predicted octanol–water partition coefficient (Wildman–Crippen LogP) is 4.58. The average molecular weight is 861 g/mol. The molecule has 3 aliphatic rings. The number of amides is 5. The van der Waals surface area contributed by atoms with E-state index in [-0.39, 0.29) is 46.2 Å². The lowest BCUT2D eigenvalue weighted by Crippen LogP contribution is -2.56. The van der Waals surface area contributed by atoms with Gasteiger partial charge < -0.3 is 44.6 Å². The Bertz CT molecular complexity index is 2650. The van der Waals surface area contributed by atoms with Gasteiger partial charge in [0.15, 0.2) is 28.2 Å². The summed E-state index contributed by atoms with van der Waals surface area (Å²) in [4.78, 5) is 99.0. The molecular weight excluding hydrogens is 813 g/mol. The van der Waals surface area contributed by atoms with Crippen LogP contribution in [0, 0.1) is 26.7 Å². The van der Waals surface area contributed by atoms with Gasteiger partial charge in [-0.2, -0.15) is 0 Å². The lowest BCUT2D eigenvalue weighted by Gasteiger charge is -2.29. The Kier molecular flexibility index (Phi) is 10.8. The molecular formula is C45H48N8O10. The zero-order valence-corrected chi connectivity index (χ0v) is 35.9. The number of nitrogens with zero attached hydrogens (tertiary/aromatic N) is 3. The Hall–Kier alpha value is -7.11. The molecule has 8 rings (SSSR count). The highest BCUT2D eigenvalue weighted by molar-refractivity contribution is 6.02. The van der Waals surface area contributed by atoms with Crippen LogP contribution in [0.1, 0.15) is 136 Å². The molecule has 6 bridgehead atoms. The first-order valence-electron chi connectivity index (χ1n) is 20.8. The number of aryl methyl sites for hydroxylation is 3. The van der Waals surface area contributed by atoms with Gasteiger partial charge in [0.1, 0.15) is 17.3 Å². The van der Waals surface area contributed by atoms with Gasteiger partial charge >= 0.3 is 5.97 Å². The maximum atomic E-state index is 14.9. The lowest BCUT2D eigenvalue weighted by atomic mass is 9.89. The molecule has 2 aliphatic carbocycles. The van der Waals surface area contributed by atoms with E-state index in [0.717, 1.165) is 61.5 Å². The third-order valence-corrected chi connectivity index (χ3v) is 12.3. The highest BCUT2D eigenvalue weighted by Crippen LogP contribution is 2.43. The fraction of sp³-hybridized carbons (Fsp3) is 0.400. The number of hydrogen-bond donors (Lipinski definition) is 5. The number of rotatable bonds is 6. The quantitative estimate of drug-likeness (QED) is 0.147. The van der Waals surface area contributed by atoms with Crippen LogP contribution in [0.15, 0.2) is 61.8 Å². The third-order valence-electron chi connectivity index (χ3n) is 12.3. The number of aromatic nitrogens is 3. The maximum absolute atomic E-state index is 14.9. The van der Waals surface area contributed by atoms with Gasteiger partial charge in [0.2, 0.25) is 23.2 Å². The number of ether oxygens (including phenoxy) is 1. The molecule has 1 saturated carbocycles. The molecule has 3 atom stereocenters. The van der Waals surface area contributed by atoms with Crippen molar-refractivity contribution in [3.05, 3.63) is 112 Å². The summed E-state index contributed by atoms with van der Waals surface area (Å²) >= 11 is 0. The van der Waals surface area contributed by atoms with Crippen LogP contribution in [-0.4, -0.2) is 64.1 Å². The zero-order chi connectivity index (χ0) is 45.0. The first kappa shape index (κ1) is 42.6. The van der Waals surface area contributed by atoms with Crippen molar-refractivity contribution >= 4 is 35.5 Å². The molecule has 63 heavy (non-hydrogen) atoms. The van der Waals surface area contributed by atoms with Crippen LogP contribution in [0.5, 0.6) is 0 Å². The second-order valence-electron chi connectivity index (χ2n) is 16.8. The summed E-state index contributed by atoms with van der Waals surface area (Å²) in [7, 11) is 1.09. The summed E-state index contributed by atoms with van der Waals surface area (Å²) in [5.74, 6) is -6.55. The van der Waals surface area contributed by atoms with Gasteiger partial charge in [-0.1, -0.05) is 67.8 Å². The Morgan fingerprint density at radius 1 is 0.651 bits per heavy atom. The molecule has 2 aromatic carbocycles. The van der Waals surface area contributed by atoms with Gasteiger partial charge in [-0.3, -0.25) is 24.0 Å². The van der Waals surface area contributed by atoms with Gasteiger partial charge in [0, 0.05) is 6.54 Å². The number of esters is 1. The molecule has 0 spiro atoms. The smallest absolute Gasteiger partial charge is 0.341 e. The zero-order valence-electron chi connectivity index (χ0n) is 35.9. The summed E-state index contributed by atoms with van der Waals surface area (Å²) in [5, 5.41) is 14.0. The van der Waals surface area contributed by atoms with Gasteiger partial charge in [0.05, 0.1) is 13.2 Å². The summed E-state index contributed by atoms with van der Waals surface area (Å²) in [5.41, 5.74) is -3.99. The monoisotopic (exact) mass is 860 g/mol. The molecule has 0 saturated heterocycles. The first-order chi connectivity index (χ1) is 30.0. The van der Waals surface area contributed by atoms with Crippen molar-refractivity contribution in [2.45, 2.75) is 96.3 Å². The number of hydrogen-bond acceptors (Lipinski definition) is 13. The second kappa shape index (κ2) is 16.0. The fourth-order valence-electron chi connectivity index (χ4n) is 8.52. The van der Waals surface area contributed by atoms with Crippen molar-refractivity contribution in [3.8, 4) is 11.1 Å². The Morgan fingerprint density at radius 2 is 1.06 bits per heavy atom. The van der Waals surface area contributed by atoms with Crippen LogP contribution in [0.4, 0.5) is 0 Å². The van der Waals surface area contributed by atoms with Gasteiger partial charge in [0.25, 0.3) is 29.5 Å². The largest absolute Gasteiger partial charge is 0.467 e. The van der Waals surface area contributed by atoms with E-state index in [0.29, 0.717) is 6.54 Å². The second-order valence-corrected chi connectivity index (χ2v) is 16.8. The molecule has 18 heteroatoms. The van der Waals surface area contributed by atoms with E-state index in [1.807, 2.05) is 48.5 Å². The molecule has 18 nitrogen and oxygen atoms in total. The molecule has 0 radical (unpaired) electrons. The van der Waals surface area contributed by atoms with Crippen LogP contribution in [0.3, 0.4) is 0 Å². The SMILES string of the molecule is COC(=O)[C@]1(C)NC(=O)c2nc(oc2C)[C@](C)(C(=O)NC2c3ccccc3-c3ccccc32)NC(=O)c2nc(oc2C)[C@](C)(C(=O)NCC2CCCCC2)NC(=O)c2nc1oc2C. The highest BCUT2D eigenvalue weighted by atomic mass is 16.5. The van der Waals surface area contributed by atoms with Crippen LogP contribution in [0.2, 0.25) is 0 Å². The van der Waals surface area contributed by atoms with Crippen molar-refractivity contribution in [2.75, 3.05) is 13.7 Å². The summed E-state index contributed by atoms with van der Waals surface area (Å²) in [6.45, 7) is 8.56. The molecule has 5 aromatic rings. The van der Waals surface area contributed by atoms with Crippen LogP contribution >= 0.6 is 0 Å². The minimum Gasteiger partial charge on any atom is -0.467 e. The molecule has 0 unspecified atom stereocenters. The fourth-order valence-corrected chi connectivity index (χ4v) is 8.52. The minimum absolute atomic E-state index is 0.0558. The summed E-state index contributed by atoms with van der Waals surface area (Å²) < 4.78 is 23.0. The first-order valence-corrected chi connectivity index (χ1v) is 20.8. The summed E-state index contributed by atoms with van der Waals surface area (Å²) in [6, 6.07) is 14.5. The van der Waals surface area contributed by atoms with Gasteiger partial charge in [-0.15, -0.1) is 0 Å². The molecule has 5 amide bonds. The van der Waals surface area contributed by atoms with Crippen molar-refractivity contribution in [3.63, 3.8) is 0 Å². The van der Waals surface area contributed by atoms with Crippen LogP contribution in [-0.2, 0) is 35.7 Å². The highest BCUT2D eigenvalue weighted by Gasteiger charge is 2.50. The van der Waals surface area contributed by atoms with Gasteiger partial charge in [-0.25, -0.2) is 19.7 Å². The van der Waals surface area contributed by atoms with Crippen molar-refractivity contribution < 1.29 is 46.8 Å². The van der Waals surface area contributed by atoms with Crippen molar-refractivity contribution in [1.29, 1.82) is 0 Å². The molecule has 3 aromatic heterocycles. The minimum atomic E-state index is -2.17. The van der Waals surface area contributed by atoms with E-state index in [4.69, 9.17) is 18.0 Å². The molecule has 5 N–H and O–H groups in total. The van der Waals surface area contributed by atoms with E-state index in [9.17, 15) is 28.8 Å². The molecule has 4 heterocycles. The Balaban J connectivity index is 1.26. The standard InChI is InChI=1S/C45H48N8O10/c1-22-30-35(55)52-44(5,38(58)47-33-28-19-13-11-17-26(28)27-18-12-14-20-29(27)33)40-49-32(23(2)62-40)36(56)53-45(6,42(59)60-7)41-50-31(24(3)63-41)34(54)51-43(4,39(48-30)61-22)37(57)46-21-25-15-9-8-10-16-25/h11-14,17-20,25,33H,8-10,15-16,21H2,1-7H3,(H,46,57)(H,47,58)(H,51,54)(H,52,55)(H,53,56)/t43-,44-,45+/m0/s1. The number of methoxy groups -OCH3 is 1. The van der Waals surface area contributed by atoms with E-state index in [2.05, 4.69) is 41.5 Å². The third kappa shape index (κ3) is 7.31. The summed E-state index contributed by atoms with van der Waals surface area (Å²) in [6.07, 6.45) is 4.99. The van der Waals surface area contributed by atoms with E-state index >= 15 is 0 Å². The van der Waals surface area contributed by atoms with E-state index in [1.54, 1.807) is 0 Å². The van der Waals surface area contributed by atoms with Crippen LogP contribution in [0.25, 0.3) is 11.1 Å². The van der Waals surface area contributed by atoms with Crippen molar-refractivity contribution in [2.24, 2.45) is 5.92 Å². The molecule has 1 aliphatic heterocycles. The number of carbonyl (C=O) groups excluding carboxylic acids is 6. The number of fused-ring (bicyclic) bond motifs is 9. The van der Waals surface area contributed by atoms with Crippen LogP contribution < -0.4 is 26.6 Å². The topological polar surface area (TPSA) is 250 Å². The lowest BCUT2D eigenvalue weighted by molar-refractivity contribution is -0.149. The normalized spacial score (nSPS) is 22.7. The number of carbonyl (C=O) groups is 6. The number of benzene rings is 2. The maximum Gasteiger partial charge on any atom is 0.341 e. The predicted molar refractivity (Wildman–Crippen MR) is 222 cm³/mol. The van der Waals surface area contributed by atoms with Gasteiger partial charge in [-0.05, 0) is 82.6 Å². The Labute approximate surface area is 361 Å². The molecule has 1 fully saturated rings. The Morgan fingerprint density at radius 3 is 1.52 bits per heavy atom. The number of oxazole rings is 3. The number of nitrogens with one attached hydrogen (secondary N) is 5. The average Bonchev–Trinajstić information content (AvgIpc) is 4.06. The molecule has 328 valence electrons. The van der Waals surface area contributed by atoms with E-state index in [1.165, 1.54) is 41.5 Å². The van der Waals surface area contributed by atoms with Crippen molar-refractivity contribution in [1.82, 2.24) is 41.5 Å². The van der Waals surface area contributed by atoms with E-state index < -0.39 is 69.9 Å².